The number of rotatable bonds is 3. The van der Waals surface area contributed by atoms with Crippen LogP contribution in [0.2, 0.25) is 0 Å². The molecule has 0 aromatic heterocycles. The van der Waals surface area contributed by atoms with Crippen LogP contribution in [0.1, 0.15) is 51.4 Å². The highest BCUT2D eigenvalue weighted by Crippen LogP contribution is 2.44. The second kappa shape index (κ2) is 7.53. The number of nitrogens with one attached hydrogen (secondary N) is 2. The van der Waals surface area contributed by atoms with Gasteiger partial charge in [-0.1, -0.05) is 12.8 Å². The van der Waals surface area contributed by atoms with E-state index in [2.05, 4.69) is 27.5 Å². The number of nitrogens with zero attached hydrogens (tertiary/aromatic N) is 2. The fourth-order valence-electron chi connectivity index (χ4n) is 5.79. The fourth-order valence-corrected chi connectivity index (χ4v) is 5.79. The second-order valence-electron chi connectivity index (χ2n) is 9.05. The Morgan fingerprint density at radius 1 is 1.04 bits per heavy atom. The Labute approximate surface area is 152 Å². The van der Waals surface area contributed by atoms with E-state index in [9.17, 15) is 4.79 Å². The first kappa shape index (κ1) is 17.7. The molecule has 1 saturated carbocycles. The van der Waals surface area contributed by atoms with Crippen LogP contribution >= 0.6 is 0 Å². The van der Waals surface area contributed by atoms with Crippen molar-refractivity contribution in [2.24, 2.45) is 11.3 Å². The Bertz CT molecular complexity index is 468. The molecule has 4 aliphatic rings. The molecule has 3 heterocycles. The number of carbonyl (C=O) groups excluding carboxylic acids is 1. The molecule has 1 aliphatic carbocycles. The van der Waals surface area contributed by atoms with E-state index in [0.717, 1.165) is 51.5 Å². The van der Waals surface area contributed by atoms with Crippen molar-refractivity contribution in [1.29, 1.82) is 0 Å². The average Bonchev–Trinajstić information content (AvgIpc) is 3.08. The molecule has 3 aliphatic heterocycles. The van der Waals surface area contributed by atoms with Crippen LogP contribution in [0.4, 0.5) is 0 Å². The molecular formula is C20H36N4O. The molecule has 0 bridgehead atoms. The van der Waals surface area contributed by atoms with Crippen molar-refractivity contribution in [1.82, 2.24) is 20.4 Å². The van der Waals surface area contributed by atoms with Gasteiger partial charge in [-0.2, -0.15) is 0 Å². The van der Waals surface area contributed by atoms with Crippen LogP contribution in [-0.2, 0) is 4.79 Å². The lowest BCUT2D eigenvalue weighted by atomic mass is 9.67. The van der Waals surface area contributed by atoms with E-state index in [-0.39, 0.29) is 5.41 Å². The van der Waals surface area contributed by atoms with Gasteiger partial charge in [-0.15, -0.1) is 0 Å². The van der Waals surface area contributed by atoms with Crippen molar-refractivity contribution in [3.8, 4) is 0 Å². The van der Waals surface area contributed by atoms with Gasteiger partial charge in [0.15, 0.2) is 0 Å². The van der Waals surface area contributed by atoms with E-state index in [1.54, 1.807) is 0 Å². The number of hydrogen-bond donors (Lipinski definition) is 2. The zero-order chi connectivity index (χ0) is 17.3. The van der Waals surface area contributed by atoms with Gasteiger partial charge in [-0.05, 0) is 71.1 Å². The van der Waals surface area contributed by atoms with Crippen molar-refractivity contribution < 1.29 is 4.79 Å². The minimum Gasteiger partial charge on any atom is -0.353 e. The Hall–Kier alpha value is -0.650. The highest BCUT2D eigenvalue weighted by Gasteiger charge is 2.50. The van der Waals surface area contributed by atoms with Crippen LogP contribution in [0.25, 0.3) is 0 Å². The minimum absolute atomic E-state index is 0.0939. The second-order valence-corrected chi connectivity index (χ2v) is 9.05. The molecule has 3 saturated heterocycles. The van der Waals surface area contributed by atoms with Crippen molar-refractivity contribution in [3.63, 3.8) is 0 Å². The van der Waals surface area contributed by atoms with Gasteiger partial charge in [0.2, 0.25) is 5.91 Å². The van der Waals surface area contributed by atoms with Crippen molar-refractivity contribution in [2.75, 3.05) is 46.3 Å². The molecule has 2 N–H and O–H groups in total. The molecule has 0 radical (unpaired) electrons. The van der Waals surface area contributed by atoms with Crippen LogP contribution in [-0.4, -0.2) is 74.1 Å². The van der Waals surface area contributed by atoms with Crippen LogP contribution in [0.15, 0.2) is 0 Å². The first-order chi connectivity index (χ1) is 12.2. The summed E-state index contributed by atoms with van der Waals surface area (Å²) in [6, 6.07) is 1.17. The Kier molecular flexibility index (Phi) is 5.35. The van der Waals surface area contributed by atoms with Gasteiger partial charge >= 0.3 is 0 Å². The molecule has 2 atom stereocenters. The van der Waals surface area contributed by atoms with Crippen LogP contribution < -0.4 is 10.6 Å². The van der Waals surface area contributed by atoms with Crippen molar-refractivity contribution >= 4 is 5.91 Å². The first-order valence-electron chi connectivity index (χ1n) is 10.6. The van der Waals surface area contributed by atoms with Gasteiger partial charge in [-0.25, -0.2) is 0 Å². The van der Waals surface area contributed by atoms with Gasteiger partial charge in [-0.3, -0.25) is 4.79 Å². The maximum atomic E-state index is 13.1. The molecule has 142 valence electrons. The lowest BCUT2D eigenvalue weighted by molar-refractivity contribution is -0.135. The summed E-state index contributed by atoms with van der Waals surface area (Å²) in [6.45, 7) is 6.73. The zero-order valence-electron chi connectivity index (χ0n) is 15.9. The quantitative estimate of drug-likeness (QED) is 0.810. The summed E-state index contributed by atoms with van der Waals surface area (Å²) in [5, 5.41) is 6.97. The molecule has 5 heteroatoms. The van der Waals surface area contributed by atoms with E-state index in [4.69, 9.17) is 0 Å². The topological polar surface area (TPSA) is 47.6 Å². The summed E-state index contributed by atoms with van der Waals surface area (Å²) in [7, 11) is 2.23. The van der Waals surface area contributed by atoms with E-state index < -0.39 is 0 Å². The van der Waals surface area contributed by atoms with E-state index in [1.807, 2.05) is 0 Å². The highest BCUT2D eigenvalue weighted by molar-refractivity contribution is 5.84. The van der Waals surface area contributed by atoms with Crippen molar-refractivity contribution in [2.45, 2.75) is 63.5 Å². The maximum Gasteiger partial charge on any atom is 0.228 e. The smallest absolute Gasteiger partial charge is 0.228 e. The molecule has 1 amide bonds. The molecule has 0 aromatic rings. The number of likely N-dealkylation sites (tertiary alicyclic amines) is 2. The summed E-state index contributed by atoms with van der Waals surface area (Å²) in [4.78, 5) is 18.3. The van der Waals surface area contributed by atoms with Crippen LogP contribution in [0.5, 0.6) is 0 Å². The number of carbonyl (C=O) groups is 1. The van der Waals surface area contributed by atoms with Gasteiger partial charge < -0.3 is 20.4 Å². The summed E-state index contributed by atoms with van der Waals surface area (Å²) < 4.78 is 0. The largest absolute Gasteiger partial charge is 0.353 e. The third-order valence-electron chi connectivity index (χ3n) is 7.56. The maximum absolute atomic E-state index is 13.1. The van der Waals surface area contributed by atoms with Gasteiger partial charge in [0.1, 0.15) is 0 Å². The normalized spacial score (nSPS) is 36.3. The lowest BCUT2D eigenvalue weighted by Crippen LogP contribution is -2.54. The van der Waals surface area contributed by atoms with Gasteiger partial charge in [0.25, 0.3) is 0 Å². The fraction of sp³-hybridized carbons (Fsp3) is 0.950. The molecule has 5 nitrogen and oxygen atoms in total. The SMILES string of the molecule is CN1CCC(N2CCC(NC(=O)[C@@]34CCCC[C@H]3CNC4)CC2)CC1. The molecule has 0 spiro atoms. The number of piperidine rings is 2. The van der Waals surface area contributed by atoms with E-state index in [1.165, 1.54) is 45.2 Å². The Morgan fingerprint density at radius 2 is 1.80 bits per heavy atom. The molecule has 0 aromatic carbocycles. The van der Waals surface area contributed by atoms with Crippen molar-refractivity contribution in [3.05, 3.63) is 0 Å². The minimum atomic E-state index is -0.0939. The van der Waals surface area contributed by atoms with E-state index >= 15 is 0 Å². The van der Waals surface area contributed by atoms with Gasteiger partial charge in [0.05, 0.1) is 5.41 Å². The molecule has 0 unspecified atom stereocenters. The third-order valence-corrected chi connectivity index (χ3v) is 7.56. The summed E-state index contributed by atoms with van der Waals surface area (Å²) in [5.41, 5.74) is -0.0939. The summed E-state index contributed by atoms with van der Waals surface area (Å²) in [6.07, 6.45) is 9.73. The standard InChI is InChI=1S/C20H36N4O/c1-23-10-7-18(8-11-23)24-12-5-17(6-13-24)22-19(25)20-9-3-2-4-16(20)14-21-15-20/h16-18,21H,2-15H2,1H3,(H,22,25)/t16-,20+/m0/s1. The van der Waals surface area contributed by atoms with E-state index in [0.29, 0.717) is 17.9 Å². The molecule has 4 fully saturated rings. The highest BCUT2D eigenvalue weighted by atomic mass is 16.2. The number of hydrogen-bond acceptors (Lipinski definition) is 4. The Morgan fingerprint density at radius 3 is 2.56 bits per heavy atom. The third kappa shape index (κ3) is 3.60. The first-order valence-corrected chi connectivity index (χ1v) is 10.6. The predicted octanol–water partition coefficient (Wildman–Crippen LogP) is 1.44. The Balaban J connectivity index is 1.28. The molecular weight excluding hydrogens is 312 g/mol. The predicted molar refractivity (Wildman–Crippen MR) is 101 cm³/mol. The lowest BCUT2D eigenvalue weighted by Gasteiger charge is -2.42. The van der Waals surface area contributed by atoms with Crippen LogP contribution in [0.3, 0.4) is 0 Å². The number of fused-ring (bicyclic) bond motifs is 1. The van der Waals surface area contributed by atoms with Crippen LogP contribution in [0, 0.1) is 11.3 Å². The molecule has 4 rings (SSSR count). The average molecular weight is 349 g/mol. The molecule has 25 heavy (non-hydrogen) atoms. The van der Waals surface area contributed by atoms with Gasteiger partial charge in [0, 0.05) is 31.7 Å². The zero-order valence-corrected chi connectivity index (χ0v) is 15.9. The summed E-state index contributed by atoms with van der Waals surface area (Å²) in [5.74, 6) is 0.931. The summed E-state index contributed by atoms with van der Waals surface area (Å²) >= 11 is 0. The number of amides is 1. The monoisotopic (exact) mass is 348 g/mol.